The van der Waals surface area contributed by atoms with E-state index in [-0.39, 0.29) is 11.3 Å². The van der Waals surface area contributed by atoms with Gasteiger partial charge in [-0.05, 0) is 24.6 Å². The first-order chi connectivity index (χ1) is 12.0. The topological polar surface area (TPSA) is 79.2 Å². The molecule has 0 aliphatic carbocycles. The summed E-state index contributed by atoms with van der Waals surface area (Å²) in [4.78, 5) is 24.2. The van der Waals surface area contributed by atoms with Gasteiger partial charge in [0, 0.05) is 6.42 Å². The van der Waals surface area contributed by atoms with Gasteiger partial charge >= 0.3 is 5.97 Å². The van der Waals surface area contributed by atoms with Crippen LogP contribution in [0.25, 0.3) is 0 Å². The van der Waals surface area contributed by atoms with Gasteiger partial charge in [-0.3, -0.25) is 4.79 Å². The molecule has 0 radical (unpaired) electrons. The molecule has 0 bridgehead atoms. The van der Waals surface area contributed by atoms with Crippen molar-refractivity contribution >= 4 is 17.6 Å². The smallest absolute Gasteiger partial charge is 0.342 e. The number of ether oxygens (including phenoxy) is 1. The fraction of sp³-hybridized carbons (Fsp3) is 0.211. The predicted molar refractivity (Wildman–Crippen MR) is 92.4 cm³/mol. The molecule has 0 unspecified atom stereocenters. The molecule has 1 N–H and O–H groups in total. The Balaban J connectivity index is 1.61. The second kappa shape index (κ2) is 7.17. The largest absolute Gasteiger partial charge is 0.507 e. The van der Waals surface area contributed by atoms with Crippen molar-refractivity contribution in [3.05, 3.63) is 65.2 Å². The number of hydrazone groups is 1. The summed E-state index contributed by atoms with van der Waals surface area (Å²) in [6.07, 6.45) is 0.655. The third-order valence-electron chi connectivity index (χ3n) is 3.90. The van der Waals surface area contributed by atoms with E-state index < -0.39 is 18.5 Å². The number of carbonyl (C=O) groups excluding carboxylic acids is 2. The van der Waals surface area contributed by atoms with Crippen LogP contribution in [-0.2, 0) is 9.53 Å². The summed E-state index contributed by atoms with van der Waals surface area (Å²) >= 11 is 0. The van der Waals surface area contributed by atoms with Crippen LogP contribution in [0, 0.1) is 6.92 Å². The summed E-state index contributed by atoms with van der Waals surface area (Å²) in [5.74, 6) is -1.30. The van der Waals surface area contributed by atoms with E-state index in [0.717, 1.165) is 16.8 Å². The van der Waals surface area contributed by atoms with Crippen molar-refractivity contribution in [2.75, 3.05) is 13.2 Å². The Morgan fingerprint density at radius 2 is 1.96 bits per heavy atom. The molecule has 1 amide bonds. The minimum absolute atomic E-state index is 0.0442. The highest BCUT2D eigenvalue weighted by molar-refractivity contribution is 6.02. The molecule has 2 aromatic carbocycles. The van der Waals surface area contributed by atoms with Crippen molar-refractivity contribution < 1.29 is 19.4 Å². The highest BCUT2D eigenvalue weighted by Gasteiger charge is 2.23. The second-order valence-electron chi connectivity index (χ2n) is 5.78. The van der Waals surface area contributed by atoms with Crippen LogP contribution in [-0.4, -0.2) is 40.9 Å². The molecule has 2 aromatic rings. The standard InChI is InChI=1S/C19H18N2O4/c1-13-7-8-17(22)15(11-13)19(24)25-12-18(23)21-10-9-16(20-21)14-5-3-2-4-6-14/h2-8,11,22H,9-10,12H2,1H3. The number of carbonyl (C=O) groups is 2. The number of nitrogens with zero attached hydrogens (tertiary/aromatic N) is 2. The number of hydrogen-bond acceptors (Lipinski definition) is 5. The van der Waals surface area contributed by atoms with Gasteiger partial charge in [0.2, 0.25) is 0 Å². The van der Waals surface area contributed by atoms with E-state index in [1.807, 2.05) is 30.3 Å². The predicted octanol–water partition coefficient (Wildman–Crippen LogP) is 2.49. The second-order valence-corrected chi connectivity index (χ2v) is 5.78. The van der Waals surface area contributed by atoms with E-state index in [2.05, 4.69) is 5.10 Å². The van der Waals surface area contributed by atoms with E-state index in [1.165, 1.54) is 17.1 Å². The zero-order chi connectivity index (χ0) is 17.8. The van der Waals surface area contributed by atoms with Gasteiger partial charge in [0.1, 0.15) is 11.3 Å². The van der Waals surface area contributed by atoms with Crippen molar-refractivity contribution in [2.45, 2.75) is 13.3 Å². The van der Waals surface area contributed by atoms with Gasteiger partial charge in [0.25, 0.3) is 5.91 Å². The molecule has 128 valence electrons. The lowest BCUT2D eigenvalue weighted by Gasteiger charge is -2.12. The van der Waals surface area contributed by atoms with Crippen LogP contribution in [0.3, 0.4) is 0 Å². The van der Waals surface area contributed by atoms with Crippen molar-refractivity contribution in [3.63, 3.8) is 0 Å². The molecular weight excluding hydrogens is 320 g/mol. The van der Waals surface area contributed by atoms with Crippen LogP contribution in [0.2, 0.25) is 0 Å². The molecule has 0 atom stereocenters. The van der Waals surface area contributed by atoms with Crippen LogP contribution < -0.4 is 0 Å². The SMILES string of the molecule is Cc1ccc(O)c(C(=O)OCC(=O)N2CCC(c3ccccc3)=N2)c1. The average Bonchev–Trinajstić information content (AvgIpc) is 3.12. The maximum atomic E-state index is 12.2. The highest BCUT2D eigenvalue weighted by atomic mass is 16.5. The molecule has 0 aromatic heterocycles. The van der Waals surface area contributed by atoms with E-state index in [0.29, 0.717) is 13.0 Å². The van der Waals surface area contributed by atoms with E-state index >= 15 is 0 Å². The summed E-state index contributed by atoms with van der Waals surface area (Å²) in [7, 11) is 0. The summed E-state index contributed by atoms with van der Waals surface area (Å²) in [5.41, 5.74) is 2.66. The number of rotatable bonds is 4. The lowest BCUT2D eigenvalue weighted by Crippen LogP contribution is -2.28. The van der Waals surface area contributed by atoms with E-state index in [4.69, 9.17) is 4.74 Å². The minimum atomic E-state index is -0.735. The first-order valence-electron chi connectivity index (χ1n) is 7.94. The Kier molecular flexibility index (Phi) is 4.79. The van der Waals surface area contributed by atoms with Crippen LogP contribution >= 0.6 is 0 Å². The highest BCUT2D eigenvalue weighted by Crippen LogP contribution is 2.19. The zero-order valence-corrected chi connectivity index (χ0v) is 13.8. The molecule has 0 saturated heterocycles. The maximum Gasteiger partial charge on any atom is 0.342 e. The lowest BCUT2D eigenvalue weighted by atomic mass is 10.1. The first kappa shape index (κ1) is 16.7. The molecule has 0 fully saturated rings. The number of aromatic hydroxyl groups is 1. The minimum Gasteiger partial charge on any atom is -0.507 e. The maximum absolute atomic E-state index is 12.2. The van der Waals surface area contributed by atoms with Gasteiger partial charge < -0.3 is 9.84 Å². The number of phenolic OH excluding ortho intramolecular Hbond substituents is 1. The van der Waals surface area contributed by atoms with Crippen LogP contribution in [0.15, 0.2) is 53.6 Å². The van der Waals surface area contributed by atoms with Crippen LogP contribution in [0.1, 0.15) is 27.9 Å². The van der Waals surface area contributed by atoms with E-state index in [1.54, 1.807) is 13.0 Å². The molecule has 6 nitrogen and oxygen atoms in total. The molecule has 1 aliphatic rings. The summed E-state index contributed by atoms with van der Waals surface area (Å²) in [6, 6.07) is 14.2. The van der Waals surface area contributed by atoms with Crippen molar-refractivity contribution in [3.8, 4) is 5.75 Å². The van der Waals surface area contributed by atoms with Crippen molar-refractivity contribution in [2.24, 2.45) is 5.10 Å². The normalized spacial score (nSPS) is 13.5. The first-order valence-corrected chi connectivity index (χ1v) is 7.94. The number of benzene rings is 2. The number of hydrogen-bond donors (Lipinski definition) is 1. The van der Waals surface area contributed by atoms with Crippen LogP contribution in [0.5, 0.6) is 5.75 Å². The molecule has 0 spiro atoms. The Bertz CT molecular complexity index is 831. The fourth-order valence-electron chi connectivity index (χ4n) is 2.56. The molecule has 1 heterocycles. The lowest BCUT2D eigenvalue weighted by molar-refractivity contribution is -0.134. The Hall–Kier alpha value is -3.15. The Morgan fingerprint density at radius 1 is 1.20 bits per heavy atom. The number of phenols is 1. The van der Waals surface area contributed by atoms with Gasteiger partial charge in [-0.1, -0.05) is 42.0 Å². The average molecular weight is 338 g/mol. The molecule has 3 rings (SSSR count). The quantitative estimate of drug-likeness (QED) is 0.869. The molecule has 1 aliphatic heterocycles. The summed E-state index contributed by atoms with van der Waals surface area (Å²) in [6.45, 7) is 1.83. The third-order valence-corrected chi connectivity index (χ3v) is 3.90. The van der Waals surface area contributed by atoms with Gasteiger partial charge in [-0.25, -0.2) is 9.80 Å². The third kappa shape index (κ3) is 3.85. The van der Waals surface area contributed by atoms with Gasteiger partial charge in [0.05, 0.1) is 12.3 Å². The van der Waals surface area contributed by atoms with Crippen molar-refractivity contribution in [1.82, 2.24) is 5.01 Å². The number of esters is 1. The number of aryl methyl sites for hydroxylation is 1. The summed E-state index contributed by atoms with van der Waals surface area (Å²) in [5, 5.41) is 15.3. The number of amides is 1. The van der Waals surface area contributed by atoms with Crippen LogP contribution in [0.4, 0.5) is 0 Å². The van der Waals surface area contributed by atoms with Gasteiger partial charge in [-0.2, -0.15) is 5.10 Å². The summed E-state index contributed by atoms with van der Waals surface area (Å²) < 4.78 is 5.02. The van der Waals surface area contributed by atoms with E-state index in [9.17, 15) is 14.7 Å². The Labute approximate surface area is 145 Å². The fourth-order valence-corrected chi connectivity index (χ4v) is 2.56. The molecule has 6 heteroatoms. The molecule has 0 saturated carbocycles. The molecule has 25 heavy (non-hydrogen) atoms. The molecular formula is C19H18N2O4. The van der Waals surface area contributed by atoms with Crippen molar-refractivity contribution in [1.29, 1.82) is 0 Å². The van der Waals surface area contributed by atoms with Gasteiger partial charge in [0.15, 0.2) is 6.61 Å². The zero-order valence-electron chi connectivity index (χ0n) is 13.8. The monoisotopic (exact) mass is 338 g/mol. The Morgan fingerprint density at radius 3 is 2.72 bits per heavy atom. The van der Waals surface area contributed by atoms with Gasteiger partial charge in [-0.15, -0.1) is 0 Å².